The van der Waals surface area contributed by atoms with Crippen LogP contribution in [0.3, 0.4) is 0 Å². The van der Waals surface area contributed by atoms with Gasteiger partial charge in [0.1, 0.15) is 0 Å². The lowest BCUT2D eigenvalue weighted by Crippen LogP contribution is -2.07. The fourth-order valence-electron chi connectivity index (χ4n) is 2.05. The molecule has 0 N–H and O–H groups in total. The maximum atomic E-state index is 3.82. The van der Waals surface area contributed by atoms with Gasteiger partial charge in [-0.25, -0.2) is 0 Å². The number of hydrogen-bond donors (Lipinski definition) is 0. The van der Waals surface area contributed by atoms with E-state index in [4.69, 9.17) is 0 Å². The second-order valence-corrected chi connectivity index (χ2v) is 6.41. The van der Waals surface area contributed by atoms with Crippen molar-refractivity contribution in [1.29, 1.82) is 0 Å². The van der Waals surface area contributed by atoms with Crippen molar-refractivity contribution in [2.75, 3.05) is 0 Å². The van der Waals surface area contributed by atoms with Crippen LogP contribution in [0.5, 0.6) is 0 Å². The molecule has 2 atom stereocenters. The van der Waals surface area contributed by atoms with Crippen molar-refractivity contribution in [3.63, 3.8) is 0 Å². The van der Waals surface area contributed by atoms with E-state index in [0.29, 0.717) is 9.65 Å². The smallest absolute Gasteiger partial charge is 0.0526 e. The van der Waals surface area contributed by atoms with Crippen LogP contribution in [0.2, 0.25) is 0 Å². The zero-order valence-corrected chi connectivity index (χ0v) is 12.8. The number of allylic oxidation sites excluding steroid dienone is 4. The Bertz CT molecular complexity index is 421. The highest BCUT2D eigenvalue weighted by molar-refractivity contribution is 9.12. The molecule has 0 aliphatic heterocycles. The summed E-state index contributed by atoms with van der Waals surface area (Å²) in [7, 11) is 0. The van der Waals surface area contributed by atoms with E-state index in [9.17, 15) is 0 Å². The fourth-order valence-corrected chi connectivity index (χ4v) is 3.21. The summed E-state index contributed by atoms with van der Waals surface area (Å²) in [5, 5.41) is 0. The minimum Gasteiger partial charge on any atom is -0.0871 e. The summed E-state index contributed by atoms with van der Waals surface area (Å²) in [5.74, 6) is 0. The lowest BCUT2D eigenvalue weighted by molar-refractivity contribution is 0.851. The van der Waals surface area contributed by atoms with E-state index in [0.717, 1.165) is 19.3 Å². The van der Waals surface area contributed by atoms with E-state index < -0.39 is 0 Å². The summed E-state index contributed by atoms with van der Waals surface area (Å²) in [6.45, 7) is 0. The number of hydrogen-bond acceptors (Lipinski definition) is 0. The van der Waals surface area contributed by atoms with Crippen LogP contribution in [0, 0.1) is 0 Å². The molecule has 17 heavy (non-hydrogen) atoms. The Morgan fingerprint density at radius 2 is 1.76 bits per heavy atom. The summed E-state index contributed by atoms with van der Waals surface area (Å²) in [6, 6.07) is 8.72. The van der Waals surface area contributed by atoms with E-state index >= 15 is 0 Å². The van der Waals surface area contributed by atoms with Crippen LogP contribution < -0.4 is 0 Å². The van der Waals surface area contributed by atoms with Gasteiger partial charge in [-0.05, 0) is 30.4 Å². The zero-order valence-electron chi connectivity index (χ0n) is 9.65. The lowest BCUT2D eigenvalue weighted by atomic mass is 9.98. The van der Waals surface area contributed by atoms with E-state index in [2.05, 4.69) is 80.4 Å². The third kappa shape index (κ3) is 3.56. The third-order valence-electron chi connectivity index (χ3n) is 2.99. The predicted molar refractivity (Wildman–Crippen MR) is 82.0 cm³/mol. The second-order valence-electron chi connectivity index (χ2n) is 4.25. The van der Waals surface area contributed by atoms with Crippen LogP contribution in [0.1, 0.15) is 28.8 Å². The van der Waals surface area contributed by atoms with Gasteiger partial charge in [0.25, 0.3) is 0 Å². The molecule has 0 aromatic heterocycles. The largest absolute Gasteiger partial charge is 0.0871 e. The molecule has 2 rings (SSSR count). The number of benzene rings is 1. The van der Waals surface area contributed by atoms with Crippen molar-refractivity contribution in [1.82, 2.24) is 0 Å². The third-order valence-corrected chi connectivity index (χ3v) is 5.74. The van der Waals surface area contributed by atoms with Crippen molar-refractivity contribution in [3.05, 3.63) is 59.7 Å². The predicted octanol–water partition coefficient (Wildman–Crippen LogP) is 5.33. The molecule has 0 spiro atoms. The van der Waals surface area contributed by atoms with Crippen LogP contribution in [0.15, 0.2) is 48.6 Å². The molecule has 2 unspecified atom stereocenters. The van der Waals surface area contributed by atoms with E-state index in [-0.39, 0.29) is 0 Å². The summed E-state index contributed by atoms with van der Waals surface area (Å²) in [4.78, 5) is 0.813. The van der Waals surface area contributed by atoms with Gasteiger partial charge >= 0.3 is 0 Å². The van der Waals surface area contributed by atoms with E-state index in [1.807, 2.05) is 0 Å². The van der Waals surface area contributed by atoms with Gasteiger partial charge < -0.3 is 0 Å². The fraction of sp³-hybridized carbons (Fsp3) is 0.333. The molecule has 1 aromatic rings. The van der Waals surface area contributed by atoms with Crippen molar-refractivity contribution in [2.45, 2.75) is 28.9 Å². The van der Waals surface area contributed by atoms with Gasteiger partial charge in [0.05, 0.1) is 4.83 Å². The average Bonchev–Trinajstić information content (AvgIpc) is 2.39. The molecular formula is C15H16Br2. The Morgan fingerprint density at radius 1 is 1.00 bits per heavy atom. The zero-order chi connectivity index (χ0) is 12.1. The van der Waals surface area contributed by atoms with E-state index in [1.54, 1.807) is 0 Å². The molecule has 1 aliphatic rings. The van der Waals surface area contributed by atoms with Gasteiger partial charge in [-0.1, -0.05) is 80.4 Å². The average molecular weight is 356 g/mol. The minimum atomic E-state index is 0.376. The first-order valence-electron chi connectivity index (χ1n) is 5.96. The molecule has 90 valence electrons. The minimum absolute atomic E-state index is 0.376. The van der Waals surface area contributed by atoms with Crippen molar-refractivity contribution in [2.24, 2.45) is 0 Å². The summed E-state index contributed by atoms with van der Waals surface area (Å²) >= 11 is 7.59. The summed E-state index contributed by atoms with van der Waals surface area (Å²) in [6.07, 6.45) is 12.0. The molecule has 0 bridgehead atoms. The summed E-state index contributed by atoms with van der Waals surface area (Å²) < 4.78 is 0. The van der Waals surface area contributed by atoms with Gasteiger partial charge in [-0.3, -0.25) is 0 Å². The normalized spacial score (nSPS) is 28.8. The van der Waals surface area contributed by atoms with Gasteiger partial charge in [0, 0.05) is 4.83 Å². The van der Waals surface area contributed by atoms with Crippen molar-refractivity contribution in [3.8, 4) is 0 Å². The first kappa shape index (κ1) is 13.1. The number of halogens is 2. The molecule has 0 heterocycles. The molecule has 1 aliphatic carbocycles. The molecule has 0 nitrogen and oxygen atoms in total. The Hall–Kier alpha value is -0.340. The molecule has 0 saturated heterocycles. The molecule has 0 saturated carbocycles. The van der Waals surface area contributed by atoms with Crippen LogP contribution in [0.4, 0.5) is 0 Å². The van der Waals surface area contributed by atoms with Crippen molar-refractivity contribution < 1.29 is 0 Å². The molecule has 0 radical (unpaired) electrons. The Morgan fingerprint density at radius 3 is 2.65 bits per heavy atom. The first-order valence-corrected chi connectivity index (χ1v) is 7.80. The van der Waals surface area contributed by atoms with Crippen LogP contribution in [0.25, 0.3) is 0 Å². The molecular weight excluding hydrogens is 340 g/mol. The van der Waals surface area contributed by atoms with Gasteiger partial charge in [-0.15, -0.1) is 0 Å². The molecule has 0 fully saturated rings. The monoisotopic (exact) mass is 354 g/mol. The number of rotatable bonds is 0. The van der Waals surface area contributed by atoms with Crippen molar-refractivity contribution >= 4 is 31.9 Å². The van der Waals surface area contributed by atoms with Gasteiger partial charge in [-0.2, -0.15) is 0 Å². The Kier molecular flexibility index (Phi) is 5.05. The number of fused-ring (bicyclic) bond motifs is 1. The quantitative estimate of drug-likeness (QED) is 0.551. The van der Waals surface area contributed by atoms with Crippen LogP contribution >= 0.6 is 31.9 Å². The molecule has 0 amide bonds. The topological polar surface area (TPSA) is 0 Å². The highest BCUT2D eigenvalue weighted by atomic mass is 79.9. The highest BCUT2D eigenvalue weighted by Gasteiger charge is 2.19. The van der Waals surface area contributed by atoms with Gasteiger partial charge in [0.2, 0.25) is 0 Å². The molecule has 1 aromatic carbocycles. The van der Waals surface area contributed by atoms with Crippen LogP contribution in [-0.4, -0.2) is 4.83 Å². The van der Waals surface area contributed by atoms with E-state index in [1.165, 1.54) is 11.1 Å². The maximum absolute atomic E-state index is 3.82. The number of aryl methyl sites for hydroxylation is 1. The Labute approximate surface area is 120 Å². The Balaban J connectivity index is 2.31. The first-order chi connectivity index (χ1) is 8.29. The SMILES string of the molecule is BrC1C/C=C\C=C/CCc2ccccc2C1Br. The van der Waals surface area contributed by atoms with Crippen LogP contribution in [-0.2, 0) is 6.42 Å². The van der Waals surface area contributed by atoms with Gasteiger partial charge in [0.15, 0.2) is 0 Å². The highest BCUT2D eigenvalue weighted by Crippen LogP contribution is 2.35. The standard InChI is InChI=1S/C15H16Br2/c16-14-11-5-3-1-2-4-8-12-9-6-7-10-13(12)15(14)17/h1-3,5-7,9-10,14-15H,4,8,11H2/b2-1-,5-3-. The number of alkyl halides is 2. The molecule has 2 heteroatoms. The second kappa shape index (κ2) is 6.55. The lowest BCUT2D eigenvalue weighted by Gasteiger charge is -2.19. The maximum Gasteiger partial charge on any atom is 0.0526 e. The summed E-state index contributed by atoms with van der Waals surface area (Å²) in [5.41, 5.74) is 2.86.